The summed E-state index contributed by atoms with van der Waals surface area (Å²) >= 11 is 12.2. The number of rotatable bonds is 6. The minimum absolute atomic E-state index is 0.135. The third-order valence-electron chi connectivity index (χ3n) is 4.89. The maximum absolute atomic E-state index is 12.7. The summed E-state index contributed by atoms with van der Waals surface area (Å²) in [5.74, 6) is 0.144. The van der Waals surface area contributed by atoms with E-state index in [2.05, 4.69) is 11.9 Å². The second kappa shape index (κ2) is 8.84. The number of nitrogens with one attached hydrogen (secondary N) is 1. The van der Waals surface area contributed by atoms with E-state index in [1.54, 1.807) is 24.3 Å². The molecule has 1 heterocycles. The van der Waals surface area contributed by atoms with Gasteiger partial charge in [0.05, 0.1) is 0 Å². The monoisotopic (exact) mass is 452 g/mol. The van der Waals surface area contributed by atoms with Crippen molar-refractivity contribution >= 4 is 52.0 Å². The summed E-state index contributed by atoms with van der Waals surface area (Å²) in [6.45, 7) is 3.94. The molecule has 1 fully saturated rings. The molecular weight excluding hydrogens is 435 g/mol. The standard InChI is InChI=1S/C24H18Cl2N2O3/c1-2-11-28-23(29)21(27-24(28)30)13-19-18-6-4-3-5-15(18)8-10-22(19)31-14-16-7-9-17(25)12-20(16)26/h2-10,12-13H,1,11,14H2,(H,27,30)/b21-13+. The van der Waals surface area contributed by atoms with Gasteiger partial charge in [-0.05, 0) is 35.0 Å². The van der Waals surface area contributed by atoms with Crippen LogP contribution in [-0.2, 0) is 11.4 Å². The fourth-order valence-corrected chi connectivity index (χ4v) is 3.82. The van der Waals surface area contributed by atoms with Gasteiger partial charge in [-0.1, -0.05) is 65.7 Å². The normalized spacial score (nSPS) is 14.9. The molecule has 31 heavy (non-hydrogen) atoms. The van der Waals surface area contributed by atoms with Crippen LogP contribution in [0.4, 0.5) is 4.79 Å². The zero-order valence-electron chi connectivity index (χ0n) is 16.4. The van der Waals surface area contributed by atoms with Crippen molar-refractivity contribution < 1.29 is 14.3 Å². The zero-order chi connectivity index (χ0) is 22.0. The molecule has 156 valence electrons. The van der Waals surface area contributed by atoms with Crippen LogP contribution in [0.1, 0.15) is 11.1 Å². The van der Waals surface area contributed by atoms with Crippen LogP contribution in [0.5, 0.6) is 5.75 Å². The number of nitrogens with zero attached hydrogens (tertiary/aromatic N) is 1. The molecule has 0 unspecified atom stereocenters. The van der Waals surface area contributed by atoms with E-state index in [9.17, 15) is 9.59 Å². The quantitative estimate of drug-likeness (QED) is 0.291. The summed E-state index contributed by atoms with van der Waals surface area (Å²) in [6, 6.07) is 16.2. The molecule has 3 amide bonds. The summed E-state index contributed by atoms with van der Waals surface area (Å²) in [4.78, 5) is 25.9. The number of imide groups is 1. The molecule has 1 saturated heterocycles. The van der Waals surface area contributed by atoms with Crippen LogP contribution in [0.2, 0.25) is 10.0 Å². The highest BCUT2D eigenvalue weighted by Crippen LogP contribution is 2.32. The lowest BCUT2D eigenvalue weighted by atomic mass is 10.0. The molecule has 1 aliphatic heterocycles. The Balaban J connectivity index is 1.73. The smallest absolute Gasteiger partial charge is 0.329 e. The average molecular weight is 453 g/mol. The van der Waals surface area contributed by atoms with E-state index in [4.69, 9.17) is 27.9 Å². The van der Waals surface area contributed by atoms with Crippen LogP contribution in [0.25, 0.3) is 16.8 Å². The highest BCUT2D eigenvalue weighted by molar-refractivity contribution is 6.35. The predicted molar refractivity (Wildman–Crippen MR) is 123 cm³/mol. The number of amides is 3. The number of benzene rings is 3. The SMILES string of the molecule is C=CCN1C(=O)N/C(=C/c2c(OCc3ccc(Cl)cc3Cl)ccc3ccccc23)C1=O. The van der Waals surface area contributed by atoms with Crippen molar-refractivity contribution in [3.63, 3.8) is 0 Å². The van der Waals surface area contributed by atoms with Crippen molar-refractivity contribution in [1.29, 1.82) is 0 Å². The molecule has 0 saturated carbocycles. The Morgan fingerprint density at radius 1 is 1.06 bits per heavy atom. The van der Waals surface area contributed by atoms with E-state index in [1.165, 1.54) is 6.08 Å². The number of ether oxygens (including phenoxy) is 1. The molecule has 4 rings (SSSR count). The van der Waals surface area contributed by atoms with Crippen LogP contribution < -0.4 is 10.1 Å². The Hall–Kier alpha value is -3.28. The highest BCUT2D eigenvalue weighted by Gasteiger charge is 2.32. The first-order valence-corrected chi connectivity index (χ1v) is 10.3. The zero-order valence-corrected chi connectivity index (χ0v) is 17.9. The van der Waals surface area contributed by atoms with Crippen molar-refractivity contribution in [3.05, 3.63) is 94.1 Å². The van der Waals surface area contributed by atoms with Gasteiger partial charge in [-0.25, -0.2) is 4.79 Å². The Labute approximate surface area is 189 Å². The van der Waals surface area contributed by atoms with Gasteiger partial charge in [-0.3, -0.25) is 9.69 Å². The van der Waals surface area contributed by atoms with Gasteiger partial charge in [-0.15, -0.1) is 6.58 Å². The molecule has 1 aliphatic rings. The first kappa shape index (κ1) is 21.0. The van der Waals surface area contributed by atoms with E-state index >= 15 is 0 Å². The maximum atomic E-state index is 12.7. The molecule has 7 heteroatoms. The molecule has 3 aromatic rings. The van der Waals surface area contributed by atoms with Gasteiger partial charge in [0.2, 0.25) is 0 Å². The topological polar surface area (TPSA) is 58.6 Å². The molecule has 0 radical (unpaired) electrons. The minimum atomic E-state index is -0.480. The Kier molecular flexibility index (Phi) is 5.98. The lowest BCUT2D eigenvalue weighted by Gasteiger charge is -2.13. The van der Waals surface area contributed by atoms with E-state index in [0.717, 1.165) is 21.2 Å². The van der Waals surface area contributed by atoms with Gasteiger partial charge in [0.25, 0.3) is 5.91 Å². The van der Waals surface area contributed by atoms with Crippen LogP contribution in [0.15, 0.2) is 72.9 Å². The maximum Gasteiger partial charge on any atom is 0.329 e. The van der Waals surface area contributed by atoms with Crippen LogP contribution in [0.3, 0.4) is 0 Å². The number of hydrogen-bond donors (Lipinski definition) is 1. The second-order valence-corrected chi connectivity index (χ2v) is 7.76. The van der Waals surface area contributed by atoms with Crippen LogP contribution in [-0.4, -0.2) is 23.4 Å². The van der Waals surface area contributed by atoms with Gasteiger partial charge >= 0.3 is 6.03 Å². The summed E-state index contributed by atoms with van der Waals surface area (Å²) in [5.41, 5.74) is 1.64. The van der Waals surface area contributed by atoms with Crippen molar-refractivity contribution in [2.75, 3.05) is 6.54 Å². The van der Waals surface area contributed by atoms with Crippen molar-refractivity contribution in [1.82, 2.24) is 10.2 Å². The Morgan fingerprint density at radius 2 is 1.87 bits per heavy atom. The number of carbonyl (C=O) groups excluding carboxylic acids is 2. The van der Waals surface area contributed by atoms with E-state index in [1.807, 2.05) is 36.4 Å². The first-order chi connectivity index (χ1) is 15.0. The summed E-state index contributed by atoms with van der Waals surface area (Å²) in [5, 5.41) is 5.54. The number of urea groups is 1. The summed E-state index contributed by atoms with van der Waals surface area (Å²) in [6.07, 6.45) is 3.15. The Morgan fingerprint density at radius 3 is 2.65 bits per heavy atom. The number of hydrogen-bond acceptors (Lipinski definition) is 3. The molecule has 3 aromatic carbocycles. The molecule has 0 aliphatic carbocycles. The number of halogens is 2. The highest BCUT2D eigenvalue weighted by atomic mass is 35.5. The van der Waals surface area contributed by atoms with E-state index < -0.39 is 11.9 Å². The molecule has 5 nitrogen and oxygen atoms in total. The lowest BCUT2D eigenvalue weighted by Crippen LogP contribution is -2.30. The van der Waals surface area contributed by atoms with E-state index in [0.29, 0.717) is 21.4 Å². The third-order valence-corrected chi connectivity index (χ3v) is 5.48. The van der Waals surface area contributed by atoms with Crippen LogP contribution >= 0.6 is 23.2 Å². The Bertz CT molecular complexity index is 1240. The van der Waals surface area contributed by atoms with Gasteiger partial charge < -0.3 is 10.1 Å². The molecule has 1 N–H and O–H groups in total. The molecular formula is C24H18Cl2N2O3. The number of fused-ring (bicyclic) bond motifs is 1. The molecule has 0 aromatic heterocycles. The lowest BCUT2D eigenvalue weighted by molar-refractivity contribution is -0.122. The molecule has 0 atom stereocenters. The second-order valence-electron chi connectivity index (χ2n) is 6.92. The van der Waals surface area contributed by atoms with Crippen molar-refractivity contribution in [2.45, 2.75) is 6.61 Å². The fraction of sp³-hybridized carbons (Fsp3) is 0.0833. The predicted octanol–water partition coefficient (Wildman–Crippen LogP) is 5.80. The van der Waals surface area contributed by atoms with Crippen molar-refractivity contribution in [2.24, 2.45) is 0 Å². The largest absolute Gasteiger partial charge is 0.488 e. The number of carbonyl (C=O) groups is 2. The van der Waals surface area contributed by atoms with Gasteiger partial charge in [0.15, 0.2) is 0 Å². The molecule has 0 bridgehead atoms. The van der Waals surface area contributed by atoms with Gasteiger partial charge in [0, 0.05) is 27.7 Å². The average Bonchev–Trinajstić information content (AvgIpc) is 3.02. The third kappa shape index (κ3) is 4.29. The summed E-state index contributed by atoms with van der Waals surface area (Å²) < 4.78 is 6.07. The van der Waals surface area contributed by atoms with Gasteiger partial charge in [-0.2, -0.15) is 0 Å². The van der Waals surface area contributed by atoms with E-state index in [-0.39, 0.29) is 18.8 Å². The van der Waals surface area contributed by atoms with Crippen LogP contribution in [0, 0.1) is 0 Å². The minimum Gasteiger partial charge on any atom is -0.488 e. The summed E-state index contributed by atoms with van der Waals surface area (Å²) in [7, 11) is 0. The first-order valence-electron chi connectivity index (χ1n) is 9.52. The van der Waals surface area contributed by atoms with Crippen molar-refractivity contribution in [3.8, 4) is 5.75 Å². The fourth-order valence-electron chi connectivity index (χ4n) is 3.36. The molecule has 0 spiro atoms. The van der Waals surface area contributed by atoms with Gasteiger partial charge in [0.1, 0.15) is 18.1 Å².